The van der Waals surface area contributed by atoms with E-state index in [4.69, 9.17) is 5.11 Å². The first kappa shape index (κ1) is 6.33. The molecule has 1 rings (SSSR count). The first-order valence-corrected chi connectivity index (χ1v) is 3.13. The van der Waals surface area contributed by atoms with E-state index in [0.29, 0.717) is 6.42 Å². The summed E-state index contributed by atoms with van der Waals surface area (Å²) in [5, 5.41) is 8.99. The van der Waals surface area contributed by atoms with E-state index in [0.717, 1.165) is 6.42 Å². The quantitative estimate of drug-likeness (QED) is 0.533. The highest BCUT2D eigenvalue weighted by atomic mass is 16.3. The topological polar surface area (TPSA) is 37.3 Å². The van der Waals surface area contributed by atoms with E-state index in [-0.39, 0.29) is 17.5 Å². The molecule has 1 N–H and O–H groups in total. The maximum atomic E-state index is 10.6. The first-order valence-electron chi connectivity index (χ1n) is 3.13. The number of hydrogen-bond donors (Lipinski definition) is 1. The number of aliphatic hydroxyl groups excluding tert-OH is 1. The molecule has 0 aromatic carbocycles. The fraction of sp³-hybridized carbons (Fsp3) is 0.571. The molecule has 1 unspecified atom stereocenters. The monoisotopic (exact) mass is 126 g/mol. The summed E-state index contributed by atoms with van der Waals surface area (Å²) in [5.74, 6) is 0.472. The number of hydrogen-bond acceptors (Lipinski definition) is 2. The summed E-state index contributed by atoms with van der Waals surface area (Å²) in [6.45, 7) is 1.91. The standard InChI is InChI=1S/C7H10O2/c1-5-2-3-6(8)4-7(5)9/h4-5,9H,2-3H2,1H3. The Balaban J connectivity index is 2.72. The summed E-state index contributed by atoms with van der Waals surface area (Å²) in [7, 11) is 0. The van der Waals surface area contributed by atoms with Crippen LogP contribution in [0, 0.1) is 5.92 Å². The molecule has 9 heavy (non-hydrogen) atoms. The molecule has 1 atom stereocenters. The summed E-state index contributed by atoms with van der Waals surface area (Å²) in [5.41, 5.74) is 0. The molecule has 0 saturated carbocycles. The van der Waals surface area contributed by atoms with Crippen LogP contribution in [0.5, 0.6) is 0 Å². The van der Waals surface area contributed by atoms with E-state index in [9.17, 15) is 4.79 Å². The van der Waals surface area contributed by atoms with E-state index in [2.05, 4.69) is 0 Å². The molecule has 0 amide bonds. The molecule has 2 heteroatoms. The Hall–Kier alpha value is -0.790. The zero-order valence-electron chi connectivity index (χ0n) is 5.42. The number of aliphatic hydroxyl groups is 1. The molecule has 0 radical (unpaired) electrons. The largest absolute Gasteiger partial charge is 0.512 e. The zero-order valence-corrected chi connectivity index (χ0v) is 5.42. The molecule has 0 spiro atoms. The zero-order chi connectivity index (χ0) is 6.85. The SMILES string of the molecule is CC1CCC(=O)C=C1O. The summed E-state index contributed by atoms with van der Waals surface area (Å²) < 4.78 is 0. The molecule has 1 aliphatic rings. The maximum absolute atomic E-state index is 10.6. The van der Waals surface area contributed by atoms with E-state index in [1.807, 2.05) is 6.92 Å². The van der Waals surface area contributed by atoms with Crippen molar-refractivity contribution in [1.29, 1.82) is 0 Å². The molecule has 0 aromatic rings. The van der Waals surface area contributed by atoms with Gasteiger partial charge in [0, 0.05) is 18.4 Å². The van der Waals surface area contributed by atoms with E-state index >= 15 is 0 Å². The molecule has 50 valence electrons. The van der Waals surface area contributed by atoms with Gasteiger partial charge < -0.3 is 5.11 Å². The van der Waals surface area contributed by atoms with Gasteiger partial charge in [0.05, 0.1) is 5.76 Å². The van der Waals surface area contributed by atoms with Crippen molar-refractivity contribution in [2.24, 2.45) is 5.92 Å². The van der Waals surface area contributed by atoms with Crippen LogP contribution in [0.4, 0.5) is 0 Å². The average Bonchev–Trinajstić information content (AvgIpc) is 1.80. The van der Waals surface area contributed by atoms with Crippen LogP contribution in [0.25, 0.3) is 0 Å². The van der Waals surface area contributed by atoms with Crippen LogP contribution < -0.4 is 0 Å². The van der Waals surface area contributed by atoms with E-state index in [1.165, 1.54) is 6.08 Å². The smallest absolute Gasteiger partial charge is 0.159 e. The van der Waals surface area contributed by atoms with E-state index < -0.39 is 0 Å². The Bertz CT molecular complexity index is 158. The van der Waals surface area contributed by atoms with Crippen molar-refractivity contribution in [1.82, 2.24) is 0 Å². The first-order chi connectivity index (χ1) is 4.20. The number of allylic oxidation sites excluding steroid dienone is 2. The second kappa shape index (κ2) is 2.21. The Morgan fingerprint density at radius 2 is 2.44 bits per heavy atom. The number of carbonyl (C=O) groups is 1. The van der Waals surface area contributed by atoms with Crippen LogP contribution in [0.1, 0.15) is 19.8 Å². The van der Waals surface area contributed by atoms with Crippen molar-refractivity contribution < 1.29 is 9.90 Å². The van der Waals surface area contributed by atoms with Crippen molar-refractivity contribution >= 4 is 5.78 Å². The lowest BCUT2D eigenvalue weighted by Gasteiger charge is -2.13. The van der Waals surface area contributed by atoms with Crippen molar-refractivity contribution in [3.63, 3.8) is 0 Å². The van der Waals surface area contributed by atoms with Crippen molar-refractivity contribution in [2.75, 3.05) is 0 Å². The van der Waals surface area contributed by atoms with Crippen molar-refractivity contribution in [3.8, 4) is 0 Å². The Morgan fingerprint density at radius 1 is 1.78 bits per heavy atom. The second-order valence-corrected chi connectivity index (χ2v) is 2.48. The molecule has 0 fully saturated rings. The summed E-state index contributed by atoms with van der Waals surface area (Å²) in [4.78, 5) is 10.6. The van der Waals surface area contributed by atoms with Gasteiger partial charge in [0.15, 0.2) is 5.78 Å². The van der Waals surface area contributed by atoms with Gasteiger partial charge in [0.1, 0.15) is 0 Å². The molecule has 0 saturated heterocycles. The number of carbonyl (C=O) groups excluding carboxylic acids is 1. The number of rotatable bonds is 0. The maximum Gasteiger partial charge on any atom is 0.159 e. The fourth-order valence-electron chi connectivity index (χ4n) is 0.886. The highest BCUT2D eigenvalue weighted by Gasteiger charge is 2.15. The van der Waals surface area contributed by atoms with Crippen LogP contribution in [0.15, 0.2) is 11.8 Å². The predicted molar refractivity (Wildman–Crippen MR) is 34.1 cm³/mol. The minimum absolute atomic E-state index is 0.0469. The Labute approximate surface area is 54.2 Å². The van der Waals surface area contributed by atoms with Gasteiger partial charge in [-0.05, 0) is 6.42 Å². The molecule has 0 bridgehead atoms. The summed E-state index contributed by atoms with van der Waals surface area (Å²) in [6.07, 6.45) is 2.71. The summed E-state index contributed by atoms with van der Waals surface area (Å²) >= 11 is 0. The number of ketones is 1. The molecule has 1 aliphatic carbocycles. The Morgan fingerprint density at radius 3 is 2.89 bits per heavy atom. The van der Waals surface area contributed by atoms with Gasteiger partial charge in [-0.25, -0.2) is 0 Å². The molecule has 0 heterocycles. The highest BCUT2D eigenvalue weighted by molar-refractivity contribution is 5.90. The van der Waals surface area contributed by atoms with Crippen LogP contribution >= 0.6 is 0 Å². The molecule has 0 aliphatic heterocycles. The highest BCUT2D eigenvalue weighted by Crippen LogP contribution is 2.19. The Kier molecular flexibility index (Phi) is 1.56. The van der Waals surface area contributed by atoms with Gasteiger partial charge in [-0.1, -0.05) is 6.92 Å². The lowest BCUT2D eigenvalue weighted by atomic mass is 9.95. The normalized spacial score (nSPS) is 27.9. The third-order valence-electron chi connectivity index (χ3n) is 1.64. The second-order valence-electron chi connectivity index (χ2n) is 2.48. The van der Waals surface area contributed by atoms with Crippen LogP contribution in [0.2, 0.25) is 0 Å². The van der Waals surface area contributed by atoms with Crippen LogP contribution in [-0.2, 0) is 4.79 Å². The predicted octanol–water partition coefficient (Wildman–Crippen LogP) is 1.43. The average molecular weight is 126 g/mol. The molecule has 0 aromatic heterocycles. The van der Waals surface area contributed by atoms with E-state index in [1.54, 1.807) is 0 Å². The van der Waals surface area contributed by atoms with Gasteiger partial charge in [0.2, 0.25) is 0 Å². The van der Waals surface area contributed by atoms with Gasteiger partial charge >= 0.3 is 0 Å². The molecular formula is C7H10O2. The minimum Gasteiger partial charge on any atom is -0.512 e. The lowest BCUT2D eigenvalue weighted by molar-refractivity contribution is -0.115. The van der Waals surface area contributed by atoms with Gasteiger partial charge in [0.25, 0.3) is 0 Å². The summed E-state index contributed by atoms with van der Waals surface area (Å²) in [6, 6.07) is 0. The molecular weight excluding hydrogens is 116 g/mol. The van der Waals surface area contributed by atoms with Crippen LogP contribution in [-0.4, -0.2) is 10.9 Å². The van der Waals surface area contributed by atoms with Crippen molar-refractivity contribution in [3.05, 3.63) is 11.8 Å². The minimum atomic E-state index is 0.0469. The fourth-order valence-corrected chi connectivity index (χ4v) is 0.886. The van der Waals surface area contributed by atoms with Gasteiger partial charge in [-0.3, -0.25) is 4.79 Å². The van der Waals surface area contributed by atoms with Crippen LogP contribution in [0.3, 0.4) is 0 Å². The lowest BCUT2D eigenvalue weighted by Crippen LogP contribution is -2.10. The third kappa shape index (κ3) is 1.31. The third-order valence-corrected chi connectivity index (χ3v) is 1.64. The van der Waals surface area contributed by atoms with Gasteiger partial charge in [-0.2, -0.15) is 0 Å². The van der Waals surface area contributed by atoms with Crippen molar-refractivity contribution in [2.45, 2.75) is 19.8 Å². The van der Waals surface area contributed by atoms with Gasteiger partial charge in [-0.15, -0.1) is 0 Å². The molecule has 2 nitrogen and oxygen atoms in total.